The van der Waals surface area contributed by atoms with Crippen LogP contribution in [0.4, 0.5) is 4.79 Å². The minimum Gasteiger partial charge on any atom is -0.486 e. The van der Waals surface area contributed by atoms with Crippen LogP contribution in [0, 0.1) is 5.92 Å². The van der Waals surface area contributed by atoms with Crippen LogP contribution in [-0.2, 0) is 9.53 Å². The number of carbonyl (C=O) groups excluding carboxylic acids is 1. The Bertz CT molecular complexity index is 548. The third kappa shape index (κ3) is 4.88. The standard InChI is InChI=1S/C18H25NO5/c1-3-13-8-7-11-15(19-18(21)22)17(20)23-12(2)16(13)24-14-9-5-4-6-10-14/h4-6,9-10,12-13,15-16,19H,3,7-8,11H2,1-2H3,(H,21,22)/t12?,13-,15-,16?/m0/s1. The van der Waals surface area contributed by atoms with E-state index in [0.29, 0.717) is 6.42 Å². The highest BCUT2D eigenvalue weighted by Gasteiger charge is 2.34. The van der Waals surface area contributed by atoms with E-state index in [1.165, 1.54) is 0 Å². The predicted octanol–water partition coefficient (Wildman–Crippen LogP) is 3.21. The zero-order valence-corrected chi connectivity index (χ0v) is 14.1. The average Bonchev–Trinajstić information content (AvgIpc) is 2.60. The van der Waals surface area contributed by atoms with Crippen molar-refractivity contribution in [2.24, 2.45) is 5.92 Å². The van der Waals surface area contributed by atoms with E-state index < -0.39 is 24.2 Å². The molecule has 1 aromatic rings. The van der Waals surface area contributed by atoms with E-state index in [-0.39, 0.29) is 12.0 Å². The molecule has 0 spiro atoms. The highest BCUT2D eigenvalue weighted by Crippen LogP contribution is 2.28. The molecule has 2 rings (SSSR count). The second-order valence-electron chi connectivity index (χ2n) is 6.14. The summed E-state index contributed by atoms with van der Waals surface area (Å²) in [5.41, 5.74) is 0. The lowest BCUT2D eigenvalue weighted by molar-refractivity contribution is -0.156. The molecule has 0 radical (unpaired) electrons. The number of cyclic esters (lactones) is 1. The number of para-hydroxylation sites is 1. The molecule has 1 amide bonds. The number of ether oxygens (including phenoxy) is 2. The third-order valence-corrected chi connectivity index (χ3v) is 4.42. The topological polar surface area (TPSA) is 84.9 Å². The fourth-order valence-electron chi connectivity index (χ4n) is 3.15. The molecule has 1 fully saturated rings. The summed E-state index contributed by atoms with van der Waals surface area (Å²) in [5.74, 6) is 0.434. The Hall–Kier alpha value is -2.24. The van der Waals surface area contributed by atoms with Gasteiger partial charge in [-0.1, -0.05) is 31.5 Å². The normalized spacial score (nSPS) is 28.0. The molecular formula is C18H25NO5. The van der Waals surface area contributed by atoms with Crippen LogP contribution in [0.1, 0.15) is 39.5 Å². The van der Waals surface area contributed by atoms with E-state index in [1.54, 1.807) is 6.92 Å². The molecule has 24 heavy (non-hydrogen) atoms. The van der Waals surface area contributed by atoms with Gasteiger partial charge in [0.15, 0.2) is 0 Å². The predicted molar refractivity (Wildman–Crippen MR) is 89.0 cm³/mol. The van der Waals surface area contributed by atoms with Crippen molar-refractivity contribution in [2.75, 3.05) is 0 Å². The maximum atomic E-state index is 12.3. The summed E-state index contributed by atoms with van der Waals surface area (Å²) >= 11 is 0. The van der Waals surface area contributed by atoms with Crippen LogP contribution in [0.15, 0.2) is 30.3 Å². The fourth-order valence-corrected chi connectivity index (χ4v) is 3.15. The molecule has 1 aromatic carbocycles. The molecule has 2 unspecified atom stereocenters. The number of hydrogen-bond donors (Lipinski definition) is 2. The van der Waals surface area contributed by atoms with Crippen LogP contribution in [0.3, 0.4) is 0 Å². The van der Waals surface area contributed by atoms with Gasteiger partial charge in [0.25, 0.3) is 0 Å². The Kier molecular flexibility index (Phi) is 6.46. The average molecular weight is 335 g/mol. The van der Waals surface area contributed by atoms with E-state index in [4.69, 9.17) is 14.6 Å². The van der Waals surface area contributed by atoms with Gasteiger partial charge < -0.3 is 19.9 Å². The van der Waals surface area contributed by atoms with Gasteiger partial charge in [0, 0.05) is 0 Å². The summed E-state index contributed by atoms with van der Waals surface area (Å²) in [6, 6.07) is 8.65. The van der Waals surface area contributed by atoms with E-state index >= 15 is 0 Å². The number of esters is 1. The molecule has 2 N–H and O–H groups in total. The van der Waals surface area contributed by atoms with Crippen LogP contribution in [0.5, 0.6) is 5.75 Å². The molecule has 0 bridgehead atoms. The largest absolute Gasteiger partial charge is 0.486 e. The van der Waals surface area contributed by atoms with E-state index in [0.717, 1.165) is 25.0 Å². The van der Waals surface area contributed by atoms with Gasteiger partial charge in [0.05, 0.1) is 0 Å². The Labute approximate surface area is 142 Å². The summed E-state index contributed by atoms with van der Waals surface area (Å²) in [6.45, 7) is 3.89. The van der Waals surface area contributed by atoms with Crippen LogP contribution >= 0.6 is 0 Å². The van der Waals surface area contributed by atoms with Crippen molar-refractivity contribution in [1.82, 2.24) is 5.32 Å². The molecule has 6 nitrogen and oxygen atoms in total. The van der Waals surface area contributed by atoms with Crippen LogP contribution in [-0.4, -0.2) is 35.4 Å². The van der Waals surface area contributed by atoms with Crippen LogP contribution < -0.4 is 10.1 Å². The number of carbonyl (C=O) groups is 2. The summed E-state index contributed by atoms with van der Waals surface area (Å²) in [6.07, 6.45) is 0.993. The van der Waals surface area contributed by atoms with Gasteiger partial charge in [-0.15, -0.1) is 0 Å². The highest BCUT2D eigenvalue weighted by atomic mass is 16.6. The number of carboxylic acid groups (broad SMARTS) is 1. The Balaban J connectivity index is 2.16. The second kappa shape index (κ2) is 8.57. The van der Waals surface area contributed by atoms with Crippen molar-refractivity contribution >= 4 is 12.1 Å². The first kappa shape index (κ1) is 18.1. The van der Waals surface area contributed by atoms with Gasteiger partial charge in [-0.05, 0) is 44.2 Å². The van der Waals surface area contributed by atoms with Gasteiger partial charge in [-0.3, -0.25) is 0 Å². The Morgan fingerprint density at radius 1 is 1.33 bits per heavy atom. The third-order valence-electron chi connectivity index (χ3n) is 4.42. The SMILES string of the molecule is CC[C@H]1CCC[C@H](NC(=O)O)C(=O)OC(C)C1Oc1ccccc1. The molecule has 1 saturated heterocycles. The molecule has 0 aromatic heterocycles. The highest BCUT2D eigenvalue weighted by molar-refractivity contribution is 5.80. The van der Waals surface area contributed by atoms with Crippen molar-refractivity contribution in [3.8, 4) is 5.75 Å². The lowest BCUT2D eigenvalue weighted by atomic mass is 9.90. The summed E-state index contributed by atoms with van der Waals surface area (Å²) in [4.78, 5) is 23.1. The smallest absolute Gasteiger partial charge is 0.405 e. The van der Waals surface area contributed by atoms with Gasteiger partial charge in [-0.25, -0.2) is 9.59 Å². The maximum Gasteiger partial charge on any atom is 0.405 e. The van der Waals surface area contributed by atoms with Crippen molar-refractivity contribution in [3.63, 3.8) is 0 Å². The first-order valence-corrected chi connectivity index (χ1v) is 8.43. The number of benzene rings is 1. The zero-order valence-electron chi connectivity index (χ0n) is 14.1. The fraction of sp³-hybridized carbons (Fsp3) is 0.556. The lowest BCUT2D eigenvalue weighted by Crippen LogP contribution is -2.44. The summed E-state index contributed by atoms with van der Waals surface area (Å²) in [5, 5.41) is 11.1. The van der Waals surface area contributed by atoms with E-state index in [9.17, 15) is 9.59 Å². The van der Waals surface area contributed by atoms with E-state index in [1.807, 2.05) is 30.3 Å². The first-order valence-electron chi connectivity index (χ1n) is 8.43. The maximum absolute atomic E-state index is 12.3. The Morgan fingerprint density at radius 3 is 2.67 bits per heavy atom. The van der Waals surface area contributed by atoms with Gasteiger partial charge >= 0.3 is 12.1 Å². The zero-order chi connectivity index (χ0) is 17.5. The minimum absolute atomic E-state index is 0.233. The second-order valence-corrected chi connectivity index (χ2v) is 6.14. The van der Waals surface area contributed by atoms with Crippen molar-refractivity contribution in [3.05, 3.63) is 30.3 Å². The van der Waals surface area contributed by atoms with Crippen molar-refractivity contribution < 1.29 is 24.2 Å². The van der Waals surface area contributed by atoms with Crippen molar-refractivity contribution in [1.29, 1.82) is 0 Å². The molecule has 0 saturated carbocycles. The number of amides is 1. The number of nitrogens with one attached hydrogen (secondary N) is 1. The molecular weight excluding hydrogens is 310 g/mol. The molecule has 6 heteroatoms. The van der Waals surface area contributed by atoms with Crippen LogP contribution in [0.2, 0.25) is 0 Å². The molecule has 4 atom stereocenters. The summed E-state index contributed by atoms with van der Waals surface area (Å²) in [7, 11) is 0. The first-order chi connectivity index (χ1) is 11.5. The quantitative estimate of drug-likeness (QED) is 0.825. The van der Waals surface area contributed by atoms with Gasteiger partial charge in [0.2, 0.25) is 0 Å². The van der Waals surface area contributed by atoms with Crippen LogP contribution in [0.25, 0.3) is 0 Å². The molecule has 0 aliphatic carbocycles. The van der Waals surface area contributed by atoms with Crippen molar-refractivity contribution in [2.45, 2.75) is 57.8 Å². The minimum atomic E-state index is -1.21. The van der Waals surface area contributed by atoms with Gasteiger partial charge in [-0.2, -0.15) is 0 Å². The van der Waals surface area contributed by atoms with E-state index in [2.05, 4.69) is 12.2 Å². The lowest BCUT2D eigenvalue weighted by Gasteiger charge is -2.31. The number of hydrogen-bond acceptors (Lipinski definition) is 4. The molecule has 1 heterocycles. The summed E-state index contributed by atoms with van der Waals surface area (Å²) < 4.78 is 11.6. The monoisotopic (exact) mass is 335 g/mol. The molecule has 132 valence electrons. The number of rotatable bonds is 4. The Morgan fingerprint density at radius 2 is 2.04 bits per heavy atom. The molecule has 1 aliphatic rings. The molecule has 1 aliphatic heterocycles. The van der Waals surface area contributed by atoms with Gasteiger partial charge in [0.1, 0.15) is 24.0 Å².